The van der Waals surface area contributed by atoms with Gasteiger partial charge in [-0.1, -0.05) is 72.8 Å². The van der Waals surface area contributed by atoms with Crippen molar-refractivity contribution in [1.82, 2.24) is 5.32 Å². The molecule has 0 saturated carbocycles. The fourth-order valence-electron chi connectivity index (χ4n) is 2.89. The third-order valence-electron chi connectivity index (χ3n) is 4.21. The van der Waals surface area contributed by atoms with E-state index in [9.17, 15) is 4.79 Å². The molecule has 0 heterocycles. The third kappa shape index (κ3) is 3.89. The van der Waals surface area contributed by atoms with E-state index in [1.165, 1.54) is 13.2 Å². The molecule has 0 spiro atoms. The second-order valence-electron chi connectivity index (χ2n) is 5.88. The first kappa shape index (κ1) is 16.8. The Balaban J connectivity index is 2.03. The van der Waals surface area contributed by atoms with Crippen LogP contribution in [0.15, 0.2) is 78.9 Å². The lowest BCUT2D eigenvalue weighted by Gasteiger charge is -2.20. The van der Waals surface area contributed by atoms with Gasteiger partial charge in [-0.2, -0.15) is 0 Å². The van der Waals surface area contributed by atoms with Crippen LogP contribution in [0.5, 0.6) is 0 Å². The van der Waals surface area contributed by atoms with Crippen LogP contribution in [0.2, 0.25) is 0 Å². The van der Waals surface area contributed by atoms with E-state index in [2.05, 4.69) is 42.6 Å². The summed E-state index contributed by atoms with van der Waals surface area (Å²) in [6, 6.07) is 24.4. The molecule has 0 aromatic heterocycles. The standard InChI is InChI=1S/C22H21NO2/c1-16(17-9-4-3-5-10-17)23-21(15-22(24)25-2)20-14-8-12-18-11-6-7-13-19(18)20/h3-16,23H,1-2H3/b21-15-/t16-/m1/s1. The molecule has 3 aromatic rings. The second kappa shape index (κ2) is 7.67. The fourth-order valence-corrected chi connectivity index (χ4v) is 2.89. The molecule has 0 fully saturated rings. The Hall–Kier alpha value is -3.07. The molecule has 0 aliphatic rings. The number of hydrogen-bond donors (Lipinski definition) is 1. The van der Waals surface area contributed by atoms with Gasteiger partial charge in [-0.3, -0.25) is 0 Å². The predicted octanol–water partition coefficient (Wildman–Crippen LogP) is 4.70. The molecule has 0 aliphatic heterocycles. The average molecular weight is 331 g/mol. The highest BCUT2D eigenvalue weighted by Crippen LogP contribution is 2.26. The summed E-state index contributed by atoms with van der Waals surface area (Å²) in [6.07, 6.45) is 1.52. The molecule has 1 atom stereocenters. The van der Waals surface area contributed by atoms with Gasteiger partial charge in [0.15, 0.2) is 0 Å². The highest BCUT2D eigenvalue weighted by Gasteiger charge is 2.13. The smallest absolute Gasteiger partial charge is 0.332 e. The number of esters is 1. The van der Waals surface area contributed by atoms with Crippen molar-refractivity contribution in [1.29, 1.82) is 0 Å². The van der Waals surface area contributed by atoms with Gasteiger partial charge in [0.05, 0.1) is 7.11 Å². The largest absolute Gasteiger partial charge is 0.466 e. The fraction of sp³-hybridized carbons (Fsp3) is 0.136. The van der Waals surface area contributed by atoms with Crippen molar-refractivity contribution in [2.75, 3.05) is 7.11 Å². The first-order valence-corrected chi connectivity index (χ1v) is 8.28. The summed E-state index contributed by atoms with van der Waals surface area (Å²) in [4.78, 5) is 11.9. The maximum absolute atomic E-state index is 11.9. The van der Waals surface area contributed by atoms with Gasteiger partial charge in [0.1, 0.15) is 0 Å². The summed E-state index contributed by atoms with van der Waals surface area (Å²) in [5.41, 5.74) is 2.88. The molecule has 3 aromatic carbocycles. The van der Waals surface area contributed by atoms with Gasteiger partial charge < -0.3 is 10.1 Å². The van der Waals surface area contributed by atoms with Crippen molar-refractivity contribution in [2.45, 2.75) is 13.0 Å². The van der Waals surface area contributed by atoms with E-state index >= 15 is 0 Å². The molecule has 25 heavy (non-hydrogen) atoms. The summed E-state index contributed by atoms with van der Waals surface area (Å²) >= 11 is 0. The van der Waals surface area contributed by atoms with Gasteiger partial charge in [-0.25, -0.2) is 4.79 Å². The molecule has 0 unspecified atom stereocenters. The van der Waals surface area contributed by atoms with E-state index in [0.717, 1.165) is 27.6 Å². The number of carbonyl (C=O) groups excluding carboxylic acids is 1. The van der Waals surface area contributed by atoms with Crippen LogP contribution in [-0.4, -0.2) is 13.1 Å². The Labute approximate surface area is 147 Å². The molecule has 3 nitrogen and oxygen atoms in total. The molecule has 0 aliphatic carbocycles. The normalized spacial score (nSPS) is 12.6. The lowest BCUT2D eigenvalue weighted by molar-refractivity contribution is -0.134. The van der Waals surface area contributed by atoms with Crippen LogP contribution in [0.25, 0.3) is 16.5 Å². The van der Waals surface area contributed by atoms with Crippen LogP contribution in [0, 0.1) is 0 Å². The zero-order chi connectivity index (χ0) is 17.6. The van der Waals surface area contributed by atoms with E-state index in [4.69, 9.17) is 4.74 Å². The molecular formula is C22H21NO2. The third-order valence-corrected chi connectivity index (χ3v) is 4.21. The second-order valence-corrected chi connectivity index (χ2v) is 5.88. The molecular weight excluding hydrogens is 310 g/mol. The maximum Gasteiger partial charge on any atom is 0.332 e. The Bertz CT molecular complexity index is 895. The van der Waals surface area contributed by atoms with Crippen molar-refractivity contribution >= 4 is 22.4 Å². The maximum atomic E-state index is 11.9. The lowest BCUT2D eigenvalue weighted by atomic mass is 10.0. The monoisotopic (exact) mass is 331 g/mol. The minimum atomic E-state index is -0.379. The van der Waals surface area contributed by atoms with Crippen LogP contribution < -0.4 is 5.32 Å². The highest BCUT2D eigenvalue weighted by molar-refractivity contribution is 5.98. The van der Waals surface area contributed by atoms with Crippen molar-refractivity contribution in [2.24, 2.45) is 0 Å². The number of rotatable bonds is 5. The van der Waals surface area contributed by atoms with Crippen LogP contribution >= 0.6 is 0 Å². The number of benzene rings is 3. The Morgan fingerprint density at radius 2 is 1.64 bits per heavy atom. The summed E-state index contributed by atoms with van der Waals surface area (Å²) in [5.74, 6) is -0.379. The number of ether oxygens (including phenoxy) is 1. The zero-order valence-corrected chi connectivity index (χ0v) is 14.4. The van der Waals surface area contributed by atoms with Gasteiger partial charge in [0.25, 0.3) is 0 Å². The quantitative estimate of drug-likeness (QED) is 0.544. The SMILES string of the molecule is COC(=O)/C=C(\N[C@H](C)c1ccccc1)c1cccc2ccccc12. The first-order valence-electron chi connectivity index (χ1n) is 8.28. The van der Waals surface area contributed by atoms with Gasteiger partial charge in [0, 0.05) is 23.4 Å². The lowest BCUT2D eigenvalue weighted by Crippen LogP contribution is -2.18. The number of nitrogens with one attached hydrogen (secondary N) is 1. The van der Waals surface area contributed by atoms with Crippen LogP contribution in [0.4, 0.5) is 0 Å². The van der Waals surface area contributed by atoms with Crippen molar-refractivity contribution in [3.8, 4) is 0 Å². The Kier molecular flexibility index (Phi) is 5.14. The molecule has 3 heteroatoms. The van der Waals surface area contributed by atoms with Crippen LogP contribution in [-0.2, 0) is 9.53 Å². The minimum Gasteiger partial charge on any atom is -0.466 e. The topological polar surface area (TPSA) is 38.3 Å². The van der Waals surface area contributed by atoms with Crippen molar-refractivity contribution in [3.05, 3.63) is 90.0 Å². The van der Waals surface area contributed by atoms with Gasteiger partial charge in [0.2, 0.25) is 0 Å². The van der Waals surface area contributed by atoms with Crippen molar-refractivity contribution < 1.29 is 9.53 Å². The van der Waals surface area contributed by atoms with E-state index < -0.39 is 0 Å². The summed E-state index contributed by atoms with van der Waals surface area (Å²) in [7, 11) is 1.39. The van der Waals surface area contributed by atoms with E-state index in [-0.39, 0.29) is 12.0 Å². The molecule has 0 saturated heterocycles. The van der Waals surface area contributed by atoms with E-state index in [1.807, 2.05) is 42.5 Å². The highest BCUT2D eigenvalue weighted by atomic mass is 16.5. The average Bonchev–Trinajstić information content (AvgIpc) is 2.67. The molecule has 126 valence electrons. The van der Waals surface area contributed by atoms with Crippen LogP contribution in [0.3, 0.4) is 0 Å². The summed E-state index contributed by atoms with van der Waals surface area (Å²) in [6.45, 7) is 2.07. The van der Waals surface area contributed by atoms with Crippen molar-refractivity contribution in [3.63, 3.8) is 0 Å². The predicted molar refractivity (Wildman–Crippen MR) is 102 cm³/mol. The van der Waals surface area contributed by atoms with Gasteiger partial charge in [-0.05, 0) is 23.3 Å². The number of fused-ring (bicyclic) bond motifs is 1. The Morgan fingerprint density at radius 1 is 0.960 bits per heavy atom. The number of methoxy groups -OCH3 is 1. The zero-order valence-electron chi connectivity index (χ0n) is 14.4. The summed E-state index contributed by atoms with van der Waals surface area (Å²) in [5, 5.41) is 5.69. The van der Waals surface area contributed by atoms with Crippen LogP contribution in [0.1, 0.15) is 24.1 Å². The minimum absolute atomic E-state index is 0.0519. The number of carbonyl (C=O) groups is 1. The van der Waals surface area contributed by atoms with Gasteiger partial charge >= 0.3 is 5.97 Å². The molecule has 3 rings (SSSR count). The van der Waals surface area contributed by atoms with E-state index in [1.54, 1.807) is 0 Å². The van der Waals surface area contributed by atoms with Gasteiger partial charge in [-0.15, -0.1) is 0 Å². The molecule has 1 N–H and O–H groups in total. The summed E-state index contributed by atoms with van der Waals surface area (Å²) < 4.78 is 4.85. The molecule has 0 amide bonds. The number of hydrogen-bond acceptors (Lipinski definition) is 3. The first-order chi connectivity index (χ1) is 12.2. The molecule has 0 bridgehead atoms. The van der Waals surface area contributed by atoms with E-state index in [0.29, 0.717) is 0 Å². The molecule has 0 radical (unpaired) electrons. The Morgan fingerprint density at radius 3 is 2.40 bits per heavy atom.